The molecule has 2 N–H and O–H groups in total. The first-order chi connectivity index (χ1) is 8.74. The Morgan fingerprint density at radius 1 is 1.39 bits per heavy atom. The number of nitrogens with one attached hydrogen (secondary N) is 1. The van der Waals surface area contributed by atoms with Gasteiger partial charge in [-0.25, -0.2) is 4.98 Å². The molecule has 0 bridgehead atoms. The van der Waals surface area contributed by atoms with Gasteiger partial charge in [0.05, 0.1) is 12.1 Å². The number of benzene rings is 1. The third-order valence-corrected chi connectivity index (χ3v) is 3.63. The molecule has 3 rings (SSSR count). The summed E-state index contributed by atoms with van der Waals surface area (Å²) in [6, 6.07) is 7.98. The molecule has 0 spiro atoms. The van der Waals surface area contributed by atoms with Gasteiger partial charge in [0.1, 0.15) is 5.01 Å². The van der Waals surface area contributed by atoms with Gasteiger partial charge >= 0.3 is 5.97 Å². The van der Waals surface area contributed by atoms with Crippen molar-refractivity contribution in [1.29, 1.82) is 0 Å². The maximum Gasteiger partial charge on any atom is 0.309 e. The van der Waals surface area contributed by atoms with Crippen molar-refractivity contribution in [1.82, 2.24) is 9.97 Å². The summed E-state index contributed by atoms with van der Waals surface area (Å²) >= 11 is 1.47. The van der Waals surface area contributed by atoms with Crippen LogP contribution in [0.4, 0.5) is 0 Å². The van der Waals surface area contributed by atoms with Crippen LogP contribution >= 0.6 is 11.3 Å². The lowest BCUT2D eigenvalue weighted by molar-refractivity contribution is -0.136. The number of carboxylic acid groups (broad SMARTS) is 1. The molecule has 1 aromatic carbocycles. The fourth-order valence-electron chi connectivity index (χ4n) is 1.92. The standard InChI is InChI=1S/C13H10N2O2S/c16-12(17)5-8-7-18-13(15-8)10-6-14-11-4-2-1-3-9(10)11/h1-4,6-7,14H,5H2,(H,16,17). The highest BCUT2D eigenvalue weighted by Crippen LogP contribution is 2.30. The molecule has 0 saturated heterocycles. The fraction of sp³-hybridized carbons (Fsp3) is 0.0769. The molecule has 0 radical (unpaired) electrons. The van der Waals surface area contributed by atoms with Crippen molar-refractivity contribution in [2.75, 3.05) is 0 Å². The minimum absolute atomic E-state index is 0.0289. The van der Waals surface area contributed by atoms with Gasteiger partial charge in [-0.15, -0.1) is 11.3 Å². The molecule has 0 fully saturated rings. The monoisotopic (exact) mass is 258 g/mol. The molecule has 2 heterocycles. The van der Waals surface area contributed by atoms with Gasteiger partial charge in [0.15, 0.2) is 0 Å². The second kappa shape index (κ2) is 4.27. The second-order valence-electron chi connectivity index (χ2n) is 3.96. The quantitative estimate of drug-likeness (QED) is 0.759. The highest BCUT2D eigenvalue weighted by Gasteiger charge is 2.11. The maximum absolute atomic E-state index is 10.6. The van der Waals surface area contributed by atoms with Crippen molar-refractivity contribution < 1.29 is 9.90 Å². The summed E-state index contributed by atoms with van der Waals surface area (Å²) in [6.45, 7) is 0. The number of aromatic nitrogens is 2. The van der Waals surface area contributed by atoms with Crippen molar-refractivity contribution >= 4 is 28.2 Å². The molecular formula is C13H10N2O2S. The van der Waals surface area contributed by atoms with Crippen LogP contribution in [0, 0.1) is 0 Å². The molecule has 0 saturated carbocycles. The Hall–Kier alpha value is -2.14. The summed E-state index contributed by atoms with van der Waals surface area (Å²) in [5, 5.41) is 12.5. The van der Waals surface area contributed by atoms with Gasteiger partial charge in [0.25, 0.3) is 0 Å². The average Bonchev–Trinajstić information content (AvgIpc) is 2.94. The largest absolute Gasteiger partial charge is 0.481 e. The van der Waals surface area contributed by atoms with E-state index >= 15 is 0 Å². The number of hydrogen-bond acceptors (Lipinski definition) is 3. The smallest absolute Gasteiger partial charge is 0.309 e. The number of H-pyrrole nitrogens is 1. The van der Waals surface area contributed by atoms with E-state index in [4.69, 9.17) is 5.11 Å². The van der Waals surface area contributed by atoms with Gasteiger partial charge in [-0.05, 0) is 6.07 Å². The SMILES string of the molecule is O=C(O)Cc1csc(-c2c[nH]c3ccccc23)n1. The van der Waals surface area contributed by atoms with E-state index in [-0.39, 0.29) is 6.42 Å². The fourth-order valence-corrected chi connectivity index (χ4v) is 2.76. The van der Waals surface area contributed by atoms with E-state index in [1.54, 1.807) is 5.38 Å². The van der Waals surface area contributed by atoms with Crippen molar-refractivity contribution in [3.8, 4) is 10.6 Å². The molecule has 0 aliphatic heterocycles. The van der Waals surface area contributed by atoms with Gasteiger partial charge in [-0.1, -0.05) is 18.2 Å². The maximum atomic E-state index is 10.6. The third-order valence-electron chi connectivity index (χ3n) is 2.70. The molecule has 3 aromatic rings. The molecule has 2 aromatic heterocycles. The summed E-state index contributed by atoms with van der Waals surface area (Å²) in [5.41, 5.74) is 2.68. The van der Waals surface area contributed by atoms with Crippen molar-refractivity contribution in [2.45, 2.75) is 6.42 Å². The molecule has 5 heteroatoms. The van der Waals surface area contributed by atoms with Crippen molar-refractivity contribution in [3.05, 3.63) is 41.5 Å². The molecular weight excluding hydrogens is 248 g/mol. The lowest BCUT2D eigenvalue weighted by atomic mass is 10.2. The van der Waals surface area contributed by atoms with Crippen molar-refractivity contribution in [2.24, 2.45) is 0 Å². The van der Waals surface area contributed by atoms with Crippen LogP contribution < -0.4 is 0 Å². The van der Waals surface area contributed by atoms with E-state index < -0.39 is 5.97 Å². The zero-order chi connectivity index (χ0) is 12.5. The van der Waals surface area contributed by atoms with Gasteiger partial charge < -0.3 is 10.1 Å². The van der Waals surface area contributed by atoms with Crippen LogP contribution in [0.15, 0.2) is 35.8 Å². The number of fused-ring (bicyclic) bond motifs is 1. The van der Waals surface area contributed by atoms with E-state index in [0.717, 1.165) is 21.5 Å². The number of carboxylic acids is 1. The minimum atomic E-state index is -0.856. The molecule has 18 heavy (non-hydrogen) atoms. The lowest BCUT2D eigenvalue weighted by Gasteiger charge is -1.93. The first-order valence-corrected chi connectivity index (χ1v) is 6.34. The molecule has 4 nitrogen and oxygen atoms in total. The predicted molar refractivity (Wildman–Crippen MR) is 70.7 cm³/mol. The zero-order valence-corrected chi connectivity index (χ0v) is 10.2. The Labute approximate surface area is 107 Å². The molecule has 0 atom stereocenters. The number of carbonyl (C=O) groups is 1. The third kappa shape index (κ3) is 1.89. The van der Waals surface area contributed by atoms with E-state index in [9.17, 15) is 4.79 Å². The average molecular weight is 258 g/mol. The molecule has 90 valence electrons. The number of aliphatic carboxylic acids is 1. The summed E-state index contributed by atoms with van der Waals surface area (Å²) in [7, 11) is 0. The van der Waals surface area contributed by atoms with E-state index in [0.29, 0.717) is 5.69 Å². The number of nitrogens with zero attached hydrogens (tertiary/aromatic N) is 1. The summed E-state index contributed by atoms with van der Waals surface area (Å²) in [4.78, 5) is 18.2. The van der Waals surface area contributed by atoms with Gasteiger partial charge in [0.2, 0.25) is 0 Å². The van der Waals surface area contributed by atoms with Crippen LogP contribution in [-0.4, -0.2) is 21.0 Å². The van der Waals surface area contributed by atoms with Gasteiger partial charge in [-0.2, -0.15) is 0 Å². The summed E-state index contributed by atoms with van der Waals surface area (Å²) in [6.07, 6.45) is 1.88. The first-order valence-electron chi connectivity index (χ1n) is 5.47. The first kappa shape index (κ1) is 11.0. The van der Waals surface area contributed by atoms with Crippen LogP contribution in [0.1, 0.15) is 5.69 Å². The Kier molecular flexibility index (Phi) is 2.60. The number of rotatable bonds is 3. The van der Waals surface area contributed by atoms with Crippen LogP contribution in [0.3, 0.4) is 0 Å². The Morgan fingerprint density at radius 2 is 2.22 bits per heavy atom. The van der Waals surface area contributed by atoms with Gasteiger partial charge in [-0.3, -0.25) is 4.79 Å². The molecule has 0 aliphatic carbocycles. The number of thiazole rings is 1. The van der Waals surface area contributed by atoms with E-state index in [2.05, 4.69) is 9.97 Å². The number of aromatic amines is 1. The Bertz CT molecular complexity index is 714. The van der Waals surface area contributed by atoms with Crippen molar-refractivity contribution in [3.63, 3.8) is 0 Å². The minimum Gasteiger partial charge on any atom is -0.481 e. The zero-order valence-electron chi connectivity index (χ0n) is 9.38. The number of hydrogen-bond donors (Lipinski definition) is 2. The second-order valence-corrected chi connectivity index (χ2v) is 4.82. The van der Waals surface area contributed by atoms with Crippen LogP contribution in [0.2, 0.25) is 0 Å². The molecule has 0 aliphatic rings. The Balaban J connectivity index is 2.04. The van der Waals surface area contributed by atoms with E-state index in [1.807, 2.05) is 30.5 Å². The lowest BCUT2D eigenvalue weighted by Crippen LogP contribution is -1.99. The summed E-state index contributed by atoms with van der Waals surface area (Å²) in [5.74, 6) is -0.856. The highest BCUT2D eigenvalue weighted by molar-refractivity contribution is 7.13. The normalized spacial score (nSPS) is 10.9. The summed E-state index contributed by atoms with van der Waals surface area (Å²) < 4.78 is 0. The van der Waals surface area contributed by atoms with Gasteiger partial charge in [0, 0.05) is 28.0 Å². The van der Waals surface area contributed by atoms with Crippen LogP contribution in [0.25, 0.3) is 21.5 Å². The molecule has 0 unspecified atom stereocenters. The predicted octanol–water partition coefficient (Wildman–Crippen LogP) is 2.92. The van der Waals surface area contributed by atoms with E-state index in [1.165, 1.54) is 11.3 Å². The highest BCUT2D eigenvalue weighted by atomic mass is 32.1. The topological polar surface area (TPSA) is 66.0 Å². The molecule has 0 amide bonds. The van der Waals surface area contributed by atoms with Crippen LogP contribution in [-0.2, 0) is 11.2 Å². The Morgan fingerprint density at radius 3 is 3.06 bits per heavy atom. The van der Waals surface area contributed by atoms with Crippen LogP contribution in [0.5, 0.6) is 0 Å². The number of para-hydroxylation sites is 1.